The monoisotopic (exact) mass is 303 g/mol. The largest absolute Gasteiger partial charge is 1.00 e. The van der Waals surface area contributed by atoms with Crippen molar-refractivity contribution >= 4 is 0 Å². The van der Waals surface area contributed by atoms with Gasteiger partial charge in [-0.25, -0.2) is 0 Å². The molecule has 17 heavy (non-hydrogen) atoms. The summed E-state index contributed by atoms with van der Waals surface area (Å²) in [6.45, 7) is 11.6. The zero-order chi connectivity index (χ0) is 12.3. The Morgan fingerprint density at radius 1 is 0.824 bits per heavy atom. The van der Waals surface area contributed by atoms with Crippen LogP contribution in [0.15, 0.2) is 0 Å². The molecular weight excluding hydrogens is 274 g/mol. The van der Waals surface area contributed by atoms with Gasteiger partial charge in [-0.1, -0.05) is 40.0 Å². The number of hydrogen-bond donors (Lipinski definition) is 0. The van der Waals surface area contributed by atoms with Crippen LogP contribution in [0, 0.1) is 12.3 Å². The van der Waals surface area contributed by atoms with Crippen molar-refractivity contribution in [1.29, 1.82) is 0 Å². The Bertz CT molecular complexity index is 174. The third kappa shape index (κ3) is 8.69. The highest BCUT2D eigenvalue weighted by Crippen LogP contribution is 2.14. The van der Waals surface area contributed by atoms with E-state index in [9.17, 15) is 0 Å². The molecule has 0 aromatic rings. The molecule has 102 valence electrons. The summed E-state index contributed by atoms with van der Waals surface area (Å²) in [7, 11) is 0. The van der Waals surface area contributed by atoms with Gasteiger partial charge in [0.05, 0.1) is 19.6 Å². The summed E-state index contributed by atoms with van der Waals surface area (Å²) in [5.41, 5.74) is 0. The number of hydrogen-bond acceptors (Lipinski definition) is 0. The van der Waals surface area contributed by atoms with Gasteiger partial charge in [0.2, 0.25) is 0 Å². The summed E-state index contributed by atoms with van der Waals surface area (Å²) >= 11 is 0. The Morgan fingerprint density at radius 3 is 1.41 bits per heavy atom. The molecule has 0 aromatic heterocycles. The van der Waals surface area contributed by atoms with Crippen molar-refractivity contribution < 1.29 is 21.5 Å². The number of terminal acetylenes is 1. The maximum atomic E-state index is 5.56. The summed E-state index contributed by atoms with van der Waals surface area (Å²) in [4.78, 5) is 0. The number of rotatable bonds is 10. The molecular formula is C15H30BrN. The van der Waals surface area contributed by atoms with Gasteiger partial charge in [0.25, 0.3) is 0 Å². The predicted molar refractivity (Wildman–Crippen MR) is 73.3 cm³/mol. The Kier molecular flexibility index (Phi) is 14.2. The van der Waals surface area contributed by atoms with Crippen molar-refractivity contribution in [2.75, 3.05) is 26.2 Å². The van der Waals surface area contributed by atoms with Crippen LogP contribution >= 0.6 is 0 Å². The van der Waals surface area contributed by atoms with E-state index in [4.69, 9.17) is 6.42 Å². The molecule has 0 saturated carbocycles. The van der Waals surface area contributed by atoms with E-state index in [1.54, 1.807) is 0 Å². The number of quaternary nitrogens is 1. The van der Waals surface area contributed by atoms with E-state index in [0.29, 0.717) is 0 Å². The first kappa shape index (κ1) is 19.3. The van der Waals surface area contributed by atoms with Crippen molar-refractivity contribution in [3.63, 3.8) is 0 Å². The summed E-state index contributed by atoms with van der Waals surface area (Å²) in [6.07, 6.45) is 13.3. The molecule has 0 aliphatic rings. The van der Waals surface area contributed by atoms with Gasteiger partial charge in [-0.2, -0.15) is 0 Å². The first-order chi connectivity index (χ1) is 7.74. The van der Waals surface area contributed by atoms with Gasteiger partial charge in [-0.3, -0.25) is 0 Å². The number of unbranched alkanes of at least 4 members (excludes halogenated alkanes) is 3. The number of nitrogens with zero attached hydrogens (tertiary/aromatic N) is 1. The second-order valence-electron chi connectivity index (χ2n) is 4.94. The molecule has 0 N–H and O–H groups in total. The highest BCUT2D eigenvalue weighted by atomic mass is 79.9. The standard InChI is InChI=1S/C15H30N.BrH/c1-5-9-13-16(12-8-4,14-10-6-2)15-11-7-3;/h4H,5-7,9-15H2,1-3H3;1H/q+1;/p-1. The highest BCUT2D eigenvalue weighted by molar-refractivity contribution is 4.83. The third-order valence-corrected chi connectivity index (χ3v) is 3.38. The zero-order valence-electron chi connectivity index (χ0n) is 12.0. The molecule has 0 spiro atoms. The van der Waals surface area contributed by atoms with E-state index in [-0.39, 0.29) is 17.0 Å². The average molecular weight is 304 g/mol. The number of halogens is 1. The lowest BCUT2D eigenvalue weighted by Crippen LogP contribution is -3.00. The molecule has 0 aliphatic heterocycles. The van der Waals surface area contributed by atoms with Crippen LogP contribution < -0.4 is 17.0 Å². The van der Waals surface area contributed by atoms with Crippen molar-refractivity contribution in [2.45, 2.75) is 59.3 Å². The molecule has 0 atom stereocenters. The van der Waals surface area contributed by atoms with Crippen molar-refractivity contribution in [2.24, 2.45) is 0 Å². The van der Waals surface area contributed by atoms with Crippen molar-refractivity contribution in [3.05, 3.63) is 0 Å². The van der Waals surface area contributed by atoms with Gasteiger partial charge in [0, 0.05) is 0 Å². The van der Waals surface area contributed by atoms with Gasteiger partial charge in [0.1, 0.15) is 6.54 Å². The molecule has 0 saturated heterocycles. The summed E-state index contributed by atoms with van der Waals surface area (Å²) < 4.78 is 1.17. The molecule has 0 unspecified atom stereocenters. The van der Waals surface area contributed by atoms with Gasteiger partial charge in [-0.05, 0) is 25.2 Å². The molecule has 0 amide bonds. The third-order valence-electron chi connectivity index (χ3n) is 3.38. The second-order valence-corrected chi connectivity index (χ2v) is 4.94. The lowest BCUT2D eigenvalue weighted by atomic mass is 10.1. The van der Waals surface area contributed by atoms with Crippen molar-refractivity contribution in [1.82, 2.24) is 0 Å². The van der Waals surface area contributed by atoms with E-state index in [0.717, 1.165) is 6.54 Å². The Labute approximate surface area is 119 Å². The Balaban J connectivity index is 0. The molecule has 0 aliphatic carbocycles. The highest BCUT2D eigenvalue weighted by Gasteiger charge is 2.24. The van der Waals surface area contributed by atoms with Crippen LogP contribution in [-0.2, 0) is 0 Å². The molecule has 0 bridgehead atoms. The topological polar surface area (TPSA) is 0 Å². The smallest absolute Gasteiger partial charge is 0.140 e. The van der Waals surface area contributed by atoms with Crippen LogP contribution in [0.3, 0.4) is 0 Å². The fourth-order valence-corrected chi connectivity index (χ4v) is 2.25. The quantitative estimate of drug-likeness (QED) is 0.414. The maximum Gasteiger partial charge on any atom is 0.140 e. The normalized spacial score (nSPS) is 10.7. The zero-order valence-corrected chi connectivity index (χ0v) is 13.6. The molecule has 1 nitrogen and oxygen atoms in total. The Morgan fingerprint density at radius 2 is 1.18 bits per heavy atom. The van der Waals surface area contributed by atoms with Crippen LogP contribution in [0.1, 0.15) is 59.3 Å². The fourth-order valence-electron chi connectivity index (χ4n) is 2.25. The molecule has 0 rings (SSSR count). The fraction of sp³-hybridized carbons (Fsp3) is 0.867. The van der Waals surface area contributed by atoms with Gasteiger partial charge < -0.3 is 21.5 Å². The molecule has 0 heterocycles. The van der Waals surface area contributed by atoms with Gasteiger partial charge in [-0.15, -0.1) is 6.42 Å². The first-order valence-electron chi connectivity index (χ1n) is 7.03. The Hall–Kier alpha value is 0. The van der Waals surface area contributed by atoms with E-state index >= 15 is 0 Å². The van der Waals surface area contributed by atoms with E-state index in [1.807, 2.05) is 0 Å². The maximum absolute atomic E-state index is 5.56. The summed E-state index contributed by atoms with van der Waals surface area (Å²) in [5.74, 6) is 2.91. The van der Waals surface area contributed by atoms with E-state index in [2.05, 4.69) is 26.7 Å². The van der Waals surface area contributed by atoms with E-state index in [1.165, 1.54) is 62.6 Å². The minimum Gasteiger partial charge on any atom is -1.00 e. The second kappa shape index (κ2) is 12.5. The van der Waals surface area contributed by atoms with Crippen LogP contribution in [0.5, 0.6) is 0 Å². The SMILES string of the molecule is C#CC[N+](CCCC)(CCCC)CCCC.[Br-]. The van der Waals surface area contributed by atoms with Crippen LogP contribution in [-0.4, -0.2) is 30.7 Å². The lowest BCUT2D eigenvalue weighted by Gasteiger charge is -2.37. The lowest BCUT2D eigenvalue weighted by molar-refractivity contribution is -0.922. The van der Waals surface area contributed by atoms with Gasteiger partial charge in [0.15, 0.2) is 0 Å². The molecule has 0 radical (unpaired) electrons. The minimum absolute atomic E-state index is 0. The van der Waals surface area contributed by atoms with Crippen LogP contribution in [0.4, 0.5) is 0 Å². The van der Waals surface area contributed by atoms with Crippen LogP contribution in [0.25, 0.3) is 0 Å². The van der Waals surface area contributed by atoms with Crippen molar-refractivity contribution in [3.8, 4) is 12.3 Å². The van der Waals surface area contributed by atoms with Gasteiger partial charge >= 0.3 is 0 Å². The van der Waals surface area contributed by atoms with E-state index < -0.39 is 0 Å². The summed E-state index contributed by atoms with van der Waals surface area (Å²) in [5, 5.41) is 0. The molecule has 2 heteroatoms. The summed E-state index contributed by atoms with van der Waals surface area (Å²) in [6, 6.07) is 0. The minimum atomic E-state index is 0. The first-order valence-corrected chi connectivity index (χ1v) is 7.03. The molecule has 0 fully saturated rings. The van der Waals surface area contributed by atoms with Crippen LogP contribution in [0.2, 0.25) is 0 Å². The predicted octanol–water partition coefficient (Wildman–Crippen LogP) is 0.841. The molecule has 0 aromatic carbocycles. The average Bonchev–Trinajstić information content (AvgIpc) is 2.31.